The molecule has 1 aliphatic carbocycles. The van der Waals surface area contributed by atoms with E-state index in [1.807, 2.05) is 66.7 Å². The molecule has 1 amide bonds. The normalized spacial score (nSPS) is 17.2. The van der Waals surface area contributed by atoms with E-state index in [9.17, 15) is 9.90 Å². The summed E-state index contributed by atoms with van der Waals surface area (Å²) >= 11 is 0. The van der Waals surface area contributed by atoms with Gasteiger partial charge in [-0.2, -0.15) is 0 Å². The fourth-order valence-corrected chi connectivity index (χ4v) is 5.31. The molecule has 1 saturated carbocycles. The largest absolute Gasteiger partial charge is 0.388 e. The van der Waals surface area contributed by atoms with Crippen molar-refractivity contribution >= 4 is 11.6 Å². The highest BCUT2D eigenvalue weighted by Crippen LogP contribution is 2.43. The predicted molar refractivity (Wildman–Crippen MR) is 145 cm³/mol. The van der Waals surface area contributed by atoms with Crippen molar-refractivity contribution < 1.29 is 9.90 Å². The fourth-order valence-electron chi connectivity index (χ4n) is 5.31. The third-order valence-electron chi connectivity index (χ3n) is 7.52. The Morgan fingerprint density at radius 2 is 1.42 bits per heavy atom. The molecule has 5 heteroatoms. The Morgan fingerprint density at radius 1 is 0.833 bits per heavy atom. The van der Waals surface area contributed by atoms with Crippen LogP contribution in [0, 0.1) is 5.92 Å². The van der Waals surface area contributed by atoms with Gasteiger partial charge < -0.3 is 15.3 Å². The van der Waals surface area contributed by atoms with E-state index in [0.29, 0.717) is 12.5 Å². The fraction of sp³-hybridized carbons (Fsp3) is 0.387. The summed E-state index contributed by atoms with van der Waals surface area (Å²) in [4.78, 5) is 18.1. The van der Waals surface area contributed by atoms with Crippen molar-refractivity contribution in [2.24, 2.45) is 5.92 Å². The Labute approximate surface area is 214 Å². The first-order chi connectivity index (χ1) is 17.7. The summed E-state index contributed by atoms with van der Waals surface area (Å²) in [5.41, 5.74) is 4.31. The first-order valence-electron chi connectivity index (χ1n) is 13.3. The van der Waals surface area contributed by atoms with E-state index in [2.05, 4.69) is 33.3 Å². The molecule has 0 bridgehead atoms. The van der Waals surface area contributed by atoms with Gasteiger partial charge in [0.2, 0.25) is 5.91 Å². The third-order valence-corrected chi connectivity index (χ3v) is 7.52. The number of anilines is 1. The molecular weight excluding hydrogens is 446 g/mol. The quantitative estimate of drug-likeness (QED) is 0.414. The number of piperazine rings is 1. The lowest BCUT2D eigenvalue weighted by Gasteiger charge is -2.37. The van der Waals surface area contributed by atoms with Crippen LogP contribution in [0.3, 0.4) is 0 Å². The smallest absolute Gasteiger partial charge is 0.232 e. The minimum atomic E-state index is -0.335. The summed E-state index contributed by atoms with van der Waals surface area (Å²) in [5.74, 6) is 0.205. The minimum Gasteiger partial charge on any atom is -0.388 e. The Morgan fingerprint density at radius 3 is 2.03 bits per heavy atom. The van der Waals surface area contributed by atoms with Crippen LogP contribution in [0.4, 0.5) is 5.69 Å². The molecule has 36 heavy (non-hydrogen) atoms. The van der Waals surface area contributed by atoms with Gasteiger partial charge in [0, 0.05) is 44.0 Å². The maximum atomic E-state index is 13.2. The van der Waals surface area contributed by atoms with Crippen LogP contribution in [0.2, 0.25) is 0 Å². The van der Waals surface area contributed by atoms with Crippen LogP contribution in [0.5, 0.6) is 0 Å². The Bertz CT molecular complexity index is 1070. The zero-order valence-electron chi connectivity index (χ0n) is 20.9. The number of rotatable bonds is 10. The summed E-state index contributed by atoms with van der Waals surface area (Å²) in [7, 11) is 0. The van der Waals surface area contributed by atoms with E-state index >= 15 is 0 Å². The van der Waals surface area contributed by atoms with Gasteiger partial charge in [-0.25, -0.2) is 0 Å². The van der Waals surface area contributed by atoms with Crippen LogP contribution in [0.25, 0.3) is 0 Å². The molecule has 1 saturated heterocycles. The molecule has 3 aromatic carbocycles. The van der Waals surface area contributed by atoms with Gasteiger partial charge in [0.15, 0.2) is 0 Å². The van der Waals surface area contributed by atoms with Gasteiger partial charge in [0.25, 0.3) is 0 Å². The van der Waals surface area contributed by atoms with Gasteiger partial charge in [-0.3, -0.25) is 9.69 Å². The maximum absolute atomic E-state index is 13.2. The number of hydrogen-bond donors (Lipinski definition) is 2. The predicted octanol–water partition coefficient (Wildman–Crippen LogP) is 4.59. The Balaban J connectivity index is 1.10. The van der Waals surface area contributed by atoms with Gasteiger partial charge >= 0.3 is 0 Å². The number of aliphatic hydroxyl groups excluding tert-OH is 1. The molecule has 1 atom stereocenters. The zero-order valence-corrected chi connectivity index (χ0v) is 20.9. The highest BCUT2D eigenvalue weighted by molar-refractivity contribution is 5.87. The standard InChI is InChI=1S/C31H37N3O2/c35-30(26-16-17-26)27-14-7-8-15-28(27)34-22-20-33(21-23-34)19-9-18-32-31(36)29(24-10-3-1-4-11-24)25-12-5-2-6-13-25/h1-8,10-15,26,29-30,35H,9,16-23H2,(H,32,36). The number of para-hydroxylation sites is 1. The summed E-state index contributed by atoms with van der Waals surface area (Å²) in [5, 5.41) is 13.9. The molecule has 2 fully saturated rings. The van der Waals surface area contributed by atoms with E-state index in [1.165, 1.54) is 5.69 Å². The van der Waals surface area contributed by atoms with Crippen LogP contribution in [0.1, 0.15) is 48.0 Å². The molecular formula is C31H37N3O2. The Hall–Kier alpha value is -3.15. The molecule has 1 aliphatic heterocycles. The lowest BCUT2D eigenvalue weighted by atomic mass is 9.90. The van der Waals surface area contributed by atoms with Gasteiger partial charge in [-0.1, -0.05) is 78.9 Å². The average Bonchev–Trinajstić information content (AvgIpc) is 3.78. The summed E-state index contributed by atoms with van der Waals surface area (Å²) in [6.45, 7) is 5.57. The van der Waals surface area contributed by atoms with Crippen molar-refractivity contribution in [1.82, 2.24) is 10.2 Å². The van der Waals surface area contributed by atoms with Gasteiger partial charge in [0.05, 0.1) is 12.0 Å². The monoisotopic (exact) mass is 483 g/mol. The van der Waals surface area contributed by atoms with E-state index < -0.39 is 0 Å². The number of hydrogen-bond acceptors (Lipinski definition) is 4. The first-order valence-corrected chi connectivity index (χ1v) is 13.3. The lowest BCUT2D eigenvalue weighted by Crippen LogP contribution is -2.47. The number of carbonyl (C=O) groups is 1. The SMILES string of the molecule is O=C(NCCCN1CCN(c2ccccc2C(O)C2CC2)CC1)C(c1ccccc1)c1ccccc1. The highest BCUT2D eigenvalue weighted by atomic mass is 16.3. The van der Waals surface area contributed by atoms with Crippen molar-refractivity contribution in [1.29, 1.82) is 0 Å². The van der Waals surface area contributed by atoms with Crippen molar-refractivity contribution in [3.05, 3.63) is 102 Å². The number of aliphatic hydroxyl groups is 1. The number of nitrogens with zero attached hydrogens (tertiary/aromatic N) is 2. The number of amides is 1. The van der Waals surface area contributed by atoms with E-state index in [1.54, 1.807) is 0 Å². The zero-order chi connectivity index (χ0) is 24.7. The molecule has 0 radical (unpaired) electrons. The number of benzene rings is 3. The number of carbonyl (C=O) groups excluding carboxylic acids is 1. The molecule has 2 N–H and O–H groups in total. The van der Waals surface area contributed by atoms with E-state index in [-0.39, 0.29) is 17.9 Å². The van der Waals surface area contributed by atoms with Gasteiger partial charge in [-0.05, 0) is 48.9 Å². The second-order valence-corrected chi connectivity index (χ2v) is 10.1. The highest BCUT2D eigenvalue weighted by Gasteiger charge is 2.33. The second-order valence-electron chi connectivity index (χ2n) is 10.1. The minimum absolute atomic E-state index is 0.0584. The summed E-state index contributed by atoms with van der Waals surface area (Å²) < 4.78 is 0. The van der Waals surface area contributed by atoms with Gasteiger partial charge in [-0.15, -0.1) is 0 Å². The van der Waals surface area contributed by atoms with Crippen LogP contribution >= 0.6 is 0 Å². The van der Waals surface area contributed by atoms with E-state index in [4.69, 9.17) is 0 Å². The Kier molecular flexibility index (Phi) is 7.99. The summed E-state index contributed by atoms with van der Waals surface area (Å²) in [6.07, 6.45) is 2.87. The van der Waals surface area contributed by atoms with Crippen LogP contribution in [-0.2, 0) is 4.79 Å². The topological polar surface area (TPSA) is 55.8 Å². The molecule has 188 valence electrons. The van der Waals surface area contributed by atoms with Crippen LogP contribution in [0.15, 0.2) is 84.9 Å². The number of nitrogens with one attached hydrogen (secondary N) is 1. The lowest BCUT2D eigenvalue weighted by molar-refractivity contribution is -0.121. The molecule has 5 rings (SSSR count). The molecule has 3 aromatic rings. The molecule has 5 nitrogen and oxygen atoms in total. The van der Waals surface area contributed by atoms with Crippen LogP contribution in [-0.4, -0.2) is 55.2 Å². The molecule has 0 aromatic heterocycles. The van der Waals surface area contributed by atoms with Crippen molar-refractivity contribution in [3.63, 3.8) is 0 Å². The van der Waals surface area contributed by atoms with Crippen LogP contribution < -0.4 is 10.2 Å². The molecule has 1 heterocycles. The van der Waals surface area contributed by atoms with Crippen molar-refractivity contribution in [2.75, 3.05) is 44.2 Å². The average molecular weight is 484 g/mol. The molecule has 1 unspecified atom stereocenters. The summed E-state index contributed by atoms with van der Waals surface area (Å²) in [6, 6.07) is 28.4. The van der Waals surface area contributed by atoms with Gasteiger partial charge in [0.1, 0.15) is 0 Å². The van der Waals surface area contributed by atoms with Crippen molar-refractivity contribution in [2.45, 2.75) is 31.3 Å². The van der Waals surface area contributed by atoms with E-state index in [0.717, 1.165) is 68.7 Å². The second kappa shape index (κ2) is 11.7. The molecule has 0 spiro atoms. The first kappa shape index (κ1) is 24.5. The molecule has 2 aliphatic rings. The third kappa shape index (κ3) is 5.97. The maximum Gasteiger partial charge on any atom is 0.232 e. The van der Waals surface area contributed by atoms with Crippen molar-refractivity contribution in [3.8, 4) is 0 Å².